The normalized spacial score (nSPS) is 16.6. The molecular weight excluding hydrogens is 234 g/mol. The molecule has 3 rings (SSSR count). The van der Waals surface area contributed by atoms with Crippen molar-refractivity contribution in [1.29, 1.82) is 0 Å². The van der Waals surface area contributed by atoms with Crippen LogP contribution >= 0.6 is 11.6 Å². The van der Waals surface area contributed by atoms with Gasteiger partial charge in [0.1, 0.15) is 0 Å². The molecule has 0 aliphatic heterocycles. The van der Waals surface area contributed by atoms with E-state index in [9.17, 15) is 0 Å². The van der Waals surface area contributed by atoms with Gasteiger partial charge in [-0.25, -0.2) is 4.98 Å². The zero-order chi connectivity index (χ0) is 12.2. The number of halogens is 1. The van der Waals surface area contributed by atoms with Gasteiger partial charge in [0.25, 0.3) is 0 Å². The molecule has 0 unspecified atom stereocenters. The average Bonchev–Trinajstić information content (AvgIpc) is 3.02. The molecule has 4 heteroatoms. The Bertz CT molecular complexity index is 582. The molecule has 0 spiro atoms. The van der Waals surface area contributed by atoms with Crippen molar-refractivity contribution in [3.8, 4) is 0 Å². The first-order valence-corrected chi connectivity index (χ1v) is 6.32. The van der Waals surface area contributed by atoms with Gasteiger partial charge in [0.2, 0.25) is 5.95 Å². The summed E-state index contributed by atoms with van der Waals surface area (Å²) in [6.07, 6.45) is 2.52. The molecule has 1 aliphatic rings. The summed E-state index contributed by atoms with van der Waals surface area (Å²) in [5, 5.41) is 0.723. The Kier molecular flexibility index (Phi) is 2.17. The number of benzene rings is 1. The van der Waals surface area contributed by atoms with Crippen molar-refractivity contribution in [3.63, 3.8) is 0 Å². The number of hydrogen-bond donors (Lipinski definition) is 1. The van der Waals surface area contributed by atoms with Crippen LogP contribution < -0.4 is 5.73 Å². The minimum absolute atomic E-state index is 0.0101. The zero-order valence-electron chi connectivity index (χ0n) is 10.1. The summed E-state index contributed by atoms with van der Waals surface area (Å²) in [6, 6.07) is 5.76. The number of anilines is 1. The average molecular weight is 250 g/mol. The number of aromatic nitrogens is 2. The maximum Gasteiger partial charge on any atom is 0.201 e. The van der Waals surface area contributed by atoms with Crippen molar-refractivity contribution in [3.05, 3.63) is 23.2 Å². The first-order valence-electron chi connectivity index (χ1n) is 5.94. The van der Waals surface area contributed by atoms with Crippen LogP contribution in [0.1, 0.15) is 26.7 Å². The fourth-order valence-electron chi connectivity index (χ4n) is 2.66. The number of rotatable bonds is 2. The Morgan fingerprint density at radius 2 is 2.12 bits per heavy atom. The van der Waals surface area contributed by atoms with E-state index < -0.39 is 0 Å². The molecule has 1 aromatic heterocycles. The van der Waals surface area contributed by atoms with Crippen molar-refractivity contribution in [2.24, 2.45) is 5.92 Å². The monoisotopic (exact) mass is 249 g/mol. The molecule has 17 heavy (non-hydrogen) atoms. The van der Waals surface area contributed by atoms with E-state index in [0.29, 0.717) is 11.9 Å². The highest BCUT2D eigenvalue weighted by molar-refractivity contribution is 6.35. The van der Waals surface area contributed by atoms with Gasteiger partial charge < -0.3 is 10.3 Å². The number of nitrogens with zero attached hydrogens (tertiary/aromatic N) is 2. The molecule has 0 amide bonds. The largest absolute Gasteiger partial charge is 0.369 e. The second-order valence-corrected chi connectivity index (χ2v) is 5.75. The number of fused-ring (bicyclic) bond motifs is 1. The lowest BCUT2D eigenvalue weighted by Crippen LogP contribution is -2.29. The number of hydrogen-bond acceptors (Lipinski definition) is 2. The highest BCUT2D eigenvalue weighted by atomic mass is 35.5. The topological polar surface area (TPSA) is 43.8 Å². The van der Waals surface area contributed by atoms with Crippen molar-refractivity contribution < 1.29 is 0 Å². The highest BCUT2D eigenvalue weighted by Crippen LogP contribution is 2.46. The van der Waals surface area contributed by atoms with E-state index in [1.165, 1.54) is 12.8 Å². The van der Waals surface area contributed by atoms with E-state index in [1.807, 2.05) is 18.2 Å². The van der Waals surface area contributed by atoms with Gasteiger partial charge in [-0.1, -0.05) is 17.7 Å². The number of nitrogen functional groups attached to an aromatic ring is 1. The molecule has 1 heterocycles. The summed E-state index contributed by atoms with van der Waals surface area (Å²) in [7, 11) is 0. The predicted molar refractivity (Wildman–Crippen MR) is 71.2 cm³/mol. The van der Waals surface area contributed by atoms with Crippen LogP contribution in [-0.4, -0.2) is 9.55 Å². The fourth-order valence-corrected chi connectivity index (χ4v) is 2.91. The standard InChI is InChI=1S/C13H16ClN3/c1-13(2,8-6-7-8)17-11-9(14)4-3-5-10(11)16-12(17)15/h3-5,8H,6-7H2,1-2H3,(H2,15,16). The summed E-state index contributed by atoms with van der Waals surface area (Å²) >= 11 is 6.29. The van der Waals surface area contributed by atoms with Gasteiger partial charge in [-0.15, -0.1) is 0 Å². The third-order valence-corrected chi connectivity index (χ3v) is 4.11. The van der Waals surface area contributed by atoms with Crippen LogP contribution in [0.2, 0.25) is 5.02 Å². The number of imidazole rings is 1. The first kappa shape index (κ1) is 10.9. The molecule has 90 valence electrons. The summed E-state index contributed by atoms with van der Waals surface area (Å²) in [5.74, 6) is 1.24. The molecule has 0 bridgehead atoms. The molecule has 0 atom stereocenters. The lowest BCUT2D eigenvalue weighted by molar-refractivity contribution is 0.318. The van der Waals surface area contributed by atoms with E-state index in [0.717, 1.165) is 16.1 Å². The third kappa shape index (κ3) is 1.53. The van der Waals surface area contributed by atoms with E-state index in [-0.39, 0.29) is 5.54 Å². The van der Waals surface area contributed by atoms with Gasteiger partial charge in [-0.3, -0.25) is 0 Å². The van der Waals surface area contributed by atoms with Gasteiger partial charge in [-0.05, 0) is 44.7 Å². The predicted octanol–water partition coefficient (Wildman–Crippen LogP) is 3.42. The van der Waals surface area contributed by atoms with Crippen LogP contribution in [0, 0.1) is 5.92 Å². The summed E-state index contributed by atoms with van der Waals surface area (Å²) < 4.78 is 2.10. The summed E-state index contributed by atoms with van der Waals surface area (Å²) in [5.41, 5.74) is 7.90. The Morgan fingerprint density at radius 3 is 2.76 bits per heavy atom. The van der Waals surface area contributed by atoms with Crippen LogP contribution in [0.3, 0.4) is 0 Å². The molecule has 1 saturated carbocycles. The Balaban J connectivity index is 2.31. The van der Waals surface area contributed by atoms with Crippen LogP contribution in [0.5, 0.6) is 0 Å². The van der Waals surface area contributed by atoms with Crippen LogP contribution in [-0.2, 0) is 5.54 Å². The number of para-hydroxylation sites is 1. The molecular formula is C13H16ClN3. The quantitative estimate of drug-likeness (QED) is 0.886. The Labute approximate surface area is 106 Å². The van der Waals surface area contributed by atoms with Crippen molar-refractivity contribution >= 4 is 28.6 Å². The molecule has 1 fully saturated rings. The maximum atomic E-state index is 6.29. The Hall–Kier alpha value is -1.22. The van der Waals surface area contributed by atoms with E-state index in [2.05, 4.69) is 23.4 Å². The van der Waals surface area contributed by atoms with Crippen molar-refractivity contribution in [2.75, 3.05) is 5.73 Å². The first-order chi connectivity index (χ1) is 8.01. The van der Waals surface area contributed by atoms with Gasteiger partial charge >= 0.3 is 0 Å². The van der Waals surface area contributed by atoms with E-state index >= 15 is 0 Å². The SMILES string of the molecule is CC(C)(C1CC1)n1c(N)nc2cccc(Cl)c21. The van der Waals surface area contributed by atoms with E-state index in [4.69, 9.17) is 17.3 Å². The molecule has 1 aliphatic carbocycles. The summed E-state index contributed by atoms with van der Waals surface area (Å²) in [6.45, 7) is 4.43. The van der Waals surface area contributed by atoms with Gasteiger partial charge in [-0.2, -0.15) is 0 Å². The summed E-state index contributed by atoms with van der Waals surface area (Å²) in [4.78, 5) is 4.41. The molecule has 3 nitrogen and oxygen atoms in total. The van der Waals surface area contributed by atoms with Gasteiger partial charge in [0.05, 0.1) is 16.1 Å². The van der Waals surface area contributed by atoms with Crippen LogP contribution in [0.15, 0.2) is 18.2 Å². The molecule has 0 saturated heterocycles. The zero-order valence-corrected chi connectivity index (χ0v) is 10.8. The van der Waals surface area contributed by atoms with Gasteiger partial charge in [0, 0.05) is 5.54 Å². The third-order valence-electron chi connectivity index (χ3n) is 3.81. The Morgan fingerprint density at radius 1 is 1.41 bits per heavy atom. The minimum atomic E-state index is -0.0101. The lowest BCUT2D eigenvalue weighted by atomic mass is 9.98. The molecule has 0 radical (unpaired) electrons. The van der Waals surface area contributed by atoms with Crippen LogP contribution in [0.25, 0.3) is 11.0 Å². The maximum absolute atomic E-state index is 6.29. The molecule has 2 N–H and O–H groups in total. The minimum Gasteiger partial charge on any atom is -0.369 e. The van der Waals surface area contributed by atoms with E-state index in [1.54, 1.807) is 0 Å². The van der Waals surface area contributed by atoms with Gasteiger partial charge in [0.15, 0.2) is 0 Å². The lowest BCUT2D eigenvalue weighted by Gasteiger charge is -2.28. The second-order valence-electron chi connectivity index (χ2n) is 5.34. The smallest absolute Gasteiger partial charge is 0.201 e. The molecule has 2 aromatic rings. The second kappa shape index (κ2) is 3.39. The highest BCUT2D eigenvalue weighted by Gasteiger charge is 2.41. The number of nitrogens with two attached hydrogens (primary N) is 1. The van der Waals surface area contributed by atoms with Crippen molar-refractivity contribution in [2.45, 2.75) is 32.2 Å². The molecule has 1 aromatic carbocycles. The van der Waals surface area contributed by atoms with Crippen molar-refractivity contribution in [1.82, 2.24) is 9.55 Å². The van der Waals surface area contributed by atoms with Crippen LogP contribution in [0.4, 0.5) is 5.95 Å². The fraction of sp³-hybridized carbons (Fsp3) is 0.462.